The second kappa shape index (κ2) is 8.40. The maximum atomic E-state index is 10.3. The van der Waals surface area contributed by atoms with Crippen molar-refractivity contribution in [1.82, 2.24) is 0 Å². The molecule has 4 fully saturated rings. The first-order valence-electron chi connectivity index (χ1n) is 14.2. The number of hydrogen-bond acceptors (Lipinski definition) is 2. The van der Waals surface area contributed by atoms with Crippen LogP contribution in [0.1, 0.15) is 112 Å². The molecule has 0 bridgehead atoms. The van der Waals surface area contributed by atoms with E-state index in [2.05, 4.69) is 41.5 Å². The number of hydrogen-bond donors (Lipinski definition) is 1. The third kappa shape index (κ3) is 3.57. The molecule has 11 atom stereocenters. The molecule has 0 unspecified atom stereocenters. The minimum Gasteiger partial charge on any atom is -0.393 e. The molecule has 32 heavy (non-hydrogen) atoms. The first-order chi connectivity index (χ1) is 15.2. The number of aliphatic hydroxyl groups excluding tert-OH is 1. The molecule has 1 spiro atoms. The van der Waals surface area contributed by atoms with Crippen LogP contribution in [-0.2, 0) is 4.74 Å². The van der Waals surface area contributed by atoms with E-state index in [-0.39, 0.29) is 11.7 Å². The van der Waals surface area contributed by atoms with Crippen LogP contribution in [0, 0.1) is 46.8 Å². The Labute approximate surface area is 198 Å². The molecule has 4 aliphatic carbocycles. The molecule has 2 heteroatoms. The Hall–Kier alpha value is -0.340. The van der Waals surface area contributed by atoms with E-state index in [1.165, 1.54) is 57.8 Å². The maximum absolute atomic E-state index is 10.3. The van der Waals surface area contributed by atoms with Gasteiger partial charge in [-0.15, -0.1) is 0 Å². The molecule has 0 aromatic heterocycles. The van der Waals surface area contributed by atoms with Gasteiger partial charge in [0.05, 0.1) is 17.8 Å². The smallest absolute Gasteiger partial charge is 0.0752 e. The van der Waals surface area contributed by atoms with Gasteiger partial charge in [-0.05, 0) is 118 Å². The number of ether oxygens (including phenoxy) is 1. The van der Waals surface area contributed by atoms with E-state index in [4.69, 9.17) is 4.74 Å². The third-order valence-corrected chi connectivity index (χ3v) is 12.0. The Balaban J connectivity index is 1.38. The van der Waals surface area contributed by atoms with Crippen LogP contribution in [0.25, 0.3) is 0 Å². The molecule has 0 aromatic rings. The maximum Gasteiger partial charge on any atom is 0.0752 e. The molecule has 1 aliphatic heterocycles. The number of allylic oxidation sites excluding steroid dienone is 1. The van der Waals surface area contributed by atoms with Crippen LogP contribution in [0.4, 0.5) is 0 Å². The van der Waals surface area contributed by atoms with Crippen molar-refractivity contribution in [2.24, 2.45) is 46.8 Å². The van der Waals surface area contributed by atoms with Gasteiger partial charge in [-0.3, -0.25) is 0 Å². The molecule has 182 valence electrons. The molecule has 0 amide bonds. The van der Waals surface area contributed by atoms with E-state index in [1.54, 1.807) is 5.57 Å². The molecular weight excluding hydrogens is 392 g/mol. The van der Waals surface area contributed by atoms with Crippen molar-refractivity contribution >= 4 is 0 Å². The lowest BCUT2D eigenvalue weighted by molar-refractivity contribution is -0.0787. The van der Waals surface area contributed by atoms with E-state index in [0.717, 1.165) is 42.4 Å². The van der Waals surface area contributed by atoms with Gasteiger partial charge in [0.1, 0.15) is 0 Å². The van der Waals surface area contributed by atoms with Crippen LogP contribution in [0.15, 0.2) is 11.1 Å². The lowest BCUT2D eigenvalue weighted by Crippen LogP contribution is -2.47. The van der Waals surface area contributed by atoms with Crippen LogP contribution >= 0.6 is 0 Å². The summed E-state index contributed by atoms with van der Waals surface area (Å²) in [5, 5.41) is 10.3. The van der Waals surface area contributed by atoms with Crippen molar-refractivity contribution in [2.45, 2.75) is 130 Å². The Kier molecular flexibility index (Phi) is 6.14. The zero-order valence-corrected chi connectivity index (χ0v) is 21.8. The summed E-state index contributed by atoms with van der Waals surface area (Å²) in [6.07, 6.45) is 14.1. The first-order valence-corrected chi connectivity index (χ1v) is 14.2. The normalized spacial score (nSPS) is 51.8. The van der Waals surface area contributed by atoms with Crippen LogP contribution in [-0.4, -0.2) is 22.9 Å². The zero-order valence-electron chi connectivity index (χ0n) is 21.8. The summed E-state index contributed by atoms with van der Waals surface area (Å²) in [7, 11) is 0. The molecule has 5 rings (SSSR count). The van der Waals surface area contributed by atoms with E-state index in [0.29, 0.717) is 23.4 Å². The van der Waals surface area contributed by atoms with Crippen molar-refractivity contribution in [3.05, 3.63) is 11.1 Å². The summed E-state index contributed by atoms with van der Waals surface area (Å²) in [5.41, 5.74) is 4.09. The number of rotatable bonds is 3. The summed E-state index contributed by atoms with van der Waals surface area (Å²) >= 11 is 0. The van der Waals surface area contributed by atoms with E-state index in [1.807, 2.05) is 5.57 Å². The molecule has 2 nitrogen and oxygen atoms in total. The number of fused-ring (bicyclic) bond motifs is 5. The molecule has 0 radical (unpaired) electrons. The van der Waals surface area contributed by atoms with Gasteiger partial charge in [0.15, 0.2) is 0 Å². The topological polar surface area (TPSA) is 29.5 Å². The highest BCUT2D eigenvalue weighted by Crippen LogP contribution is 2.65. The van der Waals surface area contributed by atoms with Gasteiger partial charge < -0.3 is 9.84 Å². The van der Waals surface area contributed by atoms with Crippen molar-refractivity contribution in [3.63, 3.8) is 0 Å². The predicted octanol–water partition coefficient (Wildman–Crippen LogP) is 7.55. The van der Waals surface area contributed by atoms with Crippen molar-refractivity contribution in [3.8, 4) is 0 Å². The summed E-state index contributed by atoms with van der Waals surface area (Å²) in [6, 6.07) is 0. The molecule has 3 saturated carbocycles. The number of aliphatic hydroxyl groups is 1. The molecule has 0 aromatic carbocycles. The van der Waals surface area contributed by atoms with Gasteiger partial charge in [0.2, 0.25) is 0 Å². The molecule has 1 saturated heterocycles. The van der Waals surface area contributed by atoms with Gasteiger partial charge in [-0.25, -0.2) is 0 Å². The fraction of sp³-hybridized carbons (Fsp3) is 0.933. The lowest BCUT2D eigenvalue weighted by atomic mass is 9.52. The van der Waals surface area contributed by atoms with Crippen LogP contribution < -0.4 is 0 Å². The Bertz CT molecular complexity index is 741. The van der Waals surface area contributed by atoms with Crippen molar-refractivity contribution < 1.29 is 9.84 Å². The molecule has 1 N–H and O–H groups in total. The Morgan fingerprint density at radius 2 is 1.91 bits per heavy atom. The predicted molar refractivity (Wildman–Crippen MR) is 132 cm³/mol. The van der Waals surface area contributed by atoms with Gasteiger partial charge in [-0.2, -0.15) is 0 Å². The van der Waals surface area contributed by atoms with E-state index in [9.17, 15) is 5.11 Å². The molecule has 5 aliphatic rings. The lowest BCUT2D eigenvalue weighted by Gasteiger charge is -2.53. The fourth-order valence-electron chi connectivity index (χ4n) is 9.49. The minimum atomic E-state index is -0.0383. The highest BCUT2D eigenvalue weighted by molar-refractivity contribution is 5.28. The monoisotopic (exact) mass is 442 g/mol. The third-order valence-electron chi connectivity index (χ3n) is 12.0. The quantitative estimate of drug-likeness (QED) is 0.457. The summed E-state index contributed by atoms with van der Waals surface area (Å²) < 4.78 is 7.09. The SMILES string of the molecule is CC[C@@H](C)C[C@H]1O[C@]2(CC[C@@H]3C(=C(C)C2)C[C@H]2[C@H]3CC[C@@H]3C[C@@H](O)CC[C@@]32C)[C@H](C)[C@@H]1C. The van der Waals surface area contributed by atoms with Gasteiger partial charge >= 0.3 is 0 Å². The average molecular weight is 443 g/mol. The molecule has 1 heterocycles. The summed E-state index contributed by atoms with van der Waals surface area (Å²) in [6.45, 7) is 14.8. The standard InChI is InChI=1S/C30H50O2/c1-7-18(2)14-28-20(4)21(5)30(32-28)13-11-24-25-9-8-22-15-23(31)10-12-29(22,6)27(25)16-26(24)19(3)17-30/h18,20-25,27-28,31H,7-17H2,1-6H3/t18-,20+,21-,22-,23+,24+,25+,27+,28-,29+,30+/m1/s1. The van der Waals surface area contributed by atoms with Gasteiger partial charge in [0.25, 0.3) is 0 Å². The van der Waals surface area contributed by atoms with Crippen molar-refractivity contribution in [1.29, 1.82) is 0 Å². The molecular formula is C30H50O2. The van der Waals surface area contributed by atoms with Gasteiger partial charge in [0, 0.05) is 0 Å². The zero-order chi connectivity index (χ0) is 22.8. The second-order valence-corrected chi connectivity index (χ2v) is 13.4. The Morgan fingerprint density at radius 1 is 1.12 bits per heavy atom. The average Bonchev–Trinajstić information content (AvgIpc) is 3.20. The largest absolute Gasteiger partial charge is 0.393 e. The Morgan fingerprint density at radius 3 is 2.66 bits per heavy atom. The first kappa shape index (κ1) is 23.4. The van der Waals surface area contributed by atoms with E-state index < -0.39 is 0 Å². The van der Waals surface area contributed by atoms with Crippen LogP contribution in [0.5, 0.6) is 0 Å². The second-order valence-electron chi connectivity index (χ2n) is 13.4. The van der Waals surface area contributed by atoms with Gasteiger partial charge in [-0.1, -0.05) is 52.2 Å². The van der Waals surface area contributed by atoms with E-state index >= 15 is 0 Å². The minimum absolute atomic E-state index is 0.0383. The summed E-state index contributed by atoms with van der Waals surface area (Å²) in [4.78, 5) is 0. The van der Waals surface area contributed by atoms with Crippen molar-refractivity contribution in [2.75, 3.05) is 0 Å². The highest BCUT2D eigenvalue weighted by atomic mass is 16.5. The summed E-state index contributed by atoms with van der Waals surface area (Å²) in [5.74, 6) is 5.41. The highest BCUT2D eigenvalue weighted by Gasteiger charge is 2.58. The van der Waals surface area contributed by atoms with Crippen LogP contribution in [0.3, 0.4) is 0 Å². The fourth-order valence-corrected chi connectivity index (χ4v) is 9.49. The van der Waals surface area contributed by atoms with Crippen LogP contribution in [0.2, 0.25) is 0 Å².